The first-order valence-electron chi connectivity index (χ1n) is 8.96. The van der Waals surface area contributed by atoms with Gasteiger partial charge in [-0.25, -0.2) is 8.42 Å². The predicted molar refractivity (Wildman–Crippen MR) is 109 cm³/mol. The SMILES string of the molecule is Cc1ccc(S(=O)(=O)c2ccc(C3=C(c4ccccc4)CNC3=O)cc2)cc1. The highest BCUT2D eigenvalue weighted by Crippen LogP contribution is 2.31. The van der Waals surface area contributed by atoms with E-state index in [-0.39, 0.29) is 15.7 Å². The summed E-state index contributed by atoms with van der Waals surface area (Å²) in [5.74, 6) is -0.145. The summed E-state index contributed by atoms with van der Waals surface area (Å²) in [4.78, 5) is 12.9. The molecule has 3 aromatic rings. The van der Waals surface area contributed by atoms with Gasteiger partial charge in [0.1, 0.15) is 0 Å². The van der Waals surface area contributed by atoms with Crippen molar-refractivity contribution >= 4 is 26.9 Å². The van der Waals surface area contributed by atoms with Crippen molar-refractivity contribution < 1.29 is 13.2 Å². The highest BCUT2D eigenvalue weighted by Gasteiger charge is 2.25. The third-order valence-electron chi connectivity index (χ3n) is 4.86. The van der Waals surface area contributed by atoms with E-state index < -0.39 is 9.84 Å². The van der Waals surface area contributed by atoms with Crippen molar-refractivity contribution in [1.82, 2.24) is 5.32 Å². The van der Waals surface area contributed by atoms with Crippen LogP contribution in [0.2, 0.25) is 0 Å². The summed E-state index contributed by atoms with van der Waals surface area (Å²) < 4.78 is 25.7. The van der Waals surface area contributed by atoms with Crippen molar-refractivity contribution in [3.05, 3.63) is 95.6 Å². The monoisotopic (exact) mass is 389 g/mol. The summed E-state index contributed by atoms with van der Waals surface area (Å²) in [5.41, 5.74) is 4.19. The van der Waals surface area contributed by atoms with Crippen LogP contribution >= 0.6 is 0 Å². The molecule has 1 amide bonds. The molecule has 0 aromatic heterocycles. The minimum absolute atomic E-state index is 0.145. The summed E-state index contributed by atoms with van der Waals surface area (Å²) in [6.07, 6.45) is 0. The largest absolute Gasteiger partial charge is 0.348 e. The zero-order chi connectivity index (χ0) is 19.7. The van der Waals surface area contributed by atoms with Crippen molar-refractivity contribution in [1.29, 1.82) is 0 Å². The molecule has 28 heavy (non-hydrogen) atoms. The Morgan fingerprint density at radius 3 is 1.93 bits per heavy atom. The Bertz CT molecular complexity index is 1160. The van der Waals surface area contributed by atoms with Crippen molar-refractivity contribution in [3.8, 4) is 0 Å². The van der Waals surface area contributed by atoms with Crippen molar-refractivity contribution in [2.45, 2.75) is 16.7 Å². The van der Waals surface area contributed by atoms with Crippen molar-refractivity contribution in [2.24, 2.45) is 0 Å². The number of benzene rings is 3. The average Bonchev–Trinajstić information content (AvgIpc) is 3.10. The number of hydrogen-bond donors (Lipinski definition) is 1. The molecular formula is C23H19NO3S. The lowest BCUT2D eigenvalue weighted by Crippen LogP contribution is -2.17. The molecule has 140 valence electrons. The summed E-state index contributed by atoms with van der Waals surface area (Å²) >= 11 is 0. The smallest absolute Gasteiger partial charge is 0.252 e. The molecule has 1 aliphatic heterocycles. The number of nitrogens with one attached hydrogen (secondary N) is 1. The van der Waals surface area contributed by atoms with Gasteiger partial charge >= 0.3 is 0 Å². The number of amides is 1. The molecule has 4 rings (SSSR count). The lowest BCUT2D eigenvalue weighted by molar-refractivity contribution is -0.114. The molecule has 1 N–H and O–H groups in total. The minimum atomic E-state index is -3.59. The van der Waals surface area contributed by atoms with Crippen LogP contribution in [0, 0.1) is 6.92 Å². The van der Waals surface area contributed by atoms with Crippen LogP contribution in [-0.2, 0) is 14.6 Å². The Balaban J connectivity index is 1.73. The molecule has 0 saturated heterocycles. The van der Waals surface area contributed by atoms with Crippen molar-refractivity contribution in [2.75, 3.05) is 6.54 Å². The third kappa shape index (κ3) is 3.25. The van der Waals surface area contributed by atoms with Gasteiger partial charge < -0.3 is 5.32 Å². The van der Waals surface area contributed by atoms with Crippen LogP contribution in [0.15, 0.2) is 88.7 Å². The van der Waals surface area contributed by atoms with Crippen LogP contribution in [-0.4, -0.2) is 20.9 Å². The molecule has 1 aliphatic rings. The molecule has 0 aliphatic carbocycles. The predicted octanol–water partition coefficient (Wildman–Crippen LogP) is 3.87. The van der Waals surface area contributed by atoms with Gasteiger partial charge in [0, 0.05) is 6.54 Å². The van der Waals surface area contributed by atoms with Gasteiger partial charge in [0.25, 0.3) is 5.91 Å². The lowest BCUT2D eigenvalue weighted by atomic mass is 9.97. The second-order valence-corrected chi connectivity index (χ2v) is 8.69. The molecule has 1 heterocycles. The molecule has 0 fully saturated rings. The summed E-state index contributed by atoms with van der Waals surface area (Å²) in [7, 11) is -3.59. The first kappa shape index (κ1) is 18.2. The van der Waals surface area contributed by atoms with Crippen LogP contribution in [0.1, 0.15) is 16.7 Å². The summed E-state index contributed by atoms with van der Waals surface area (Å²) in [6.45, 7) is 2.37. The van der Waals surface area contributed by atoms with E-state index in [2.05, 4.69) is 5.32 Å². The van der Waals surface area contributed by atoms with E-state index in [1.165, 1.54) is 0 Å². The number of carbonyl (C=O) groups excluding carboxylic acids is 1. The first-order valence-corrected chi connectivity index (χ1v) is 10.4. The van der Waals surface area contributed by atoms with Crippen LogP contribution < -0.4 is 5.32 Å². The molecule has 0 unspecified atom stereocenters. The molecule has 0 radical (unpaired) electrons. The molecule has 3 aromatic carbocycles. The van der Waals surface area contributed by atoms with Crippen LogP contribution in [0.5, 0.6) is 0 Å². The number of sulfone groups is 1. The Hall–Kier alpha value is -3.18. The van der Waals surface area contributed by atoms with Crippen LogP contribution in [0.3, 0.4) is 0 Å². The number of carbonyl (C=O) groups is 1. The van der Waals surface area contributed by atoms with E-state index in [0.29, 0.717) is 17.7 Å². The molecule has 5 heteroatoms. The number of hydrogen-bond acceptors (Lipinski definition) is 3. The minimum Gasteiger partial charge on any atom is -0.348 e. The molecule has 0 atom stereocenters. The summed E-state index contributed by atoms with van der Waals surface area (Å²) in [6, 6.07) is 23.0. The Kier molecular flexibility index (Phi) is 4.61. The maximum Gasteiger partial charge on any atom is 0.252 e. The zero-order valence-electron chi connectivity index (χ0n) is 15.3. The van der Waals surface area contributed by atoms with Crippen LogP contribution in [0.4, 0.5) is 0 Å². The van der Waals surface area contributed by atoms with Crippen LogP contribution in [0.25, 0.3) is 11.1 Å². The van der Waals surface area contributed by atoms with E-state index in [1.54, 1.807) is 48.5 Å². The van der Waals surface area contributed by atoms with Gasteiger partial charge in [0.15, 0.2) is 0 Å². The quantitative estimate of drug-likeness (QED) is 0.737. The Labute approximate surface area is 164 Å². The van der Waals surface area contributed by atoms with E-state index >= 15 is 0 Å². The van der Waals surface area contributed by atoms with E-state index in [9.17, 15) is 13.2 Å². The van der Waals surface area contributed by atoms with Gasteiger partial charge in [0.05, 0.1) is 15.4 Å². The van der Waals surface area contributed by atoms with Gasteiger partial charge in [-0.3, -0.25) is 4.79 Å². The highest BCUT2D eigenvalue weighted by atomic mass is 32.2. The molecule has 4 nitrogen and oxygen atoms in total. The fourth-order valence-corrected chi connectivity index (χ4v) is 4.59. The van der Waals surface area contributed by atoms with Gasteiger partial charge in [-0.05, 0) is 47.9 Å². The Morgan fingerprint density at radius 2 is 1.32 bits per heavy atom. The molecular weight excluding hydrogens is 370 g/mol. The van der Waals surface area contributed by atoms with Gasteiger partial charge in [-0.1, -0.05) is 60.2 Å². The molecule has 0 spiro atoms. The average molecular weight is 389 g/mol. The van der Waals surface area contributed by atoms with Crippen molar-refractivity contribution in [3.63, 3.8) is 0 Å². The fourth-order valence-electron chi connectivity index (χ4n) is 3.33. The van der Waals surface area contributed by atoms with Gasteiger partial charge in [-0.15, -0.1) is 0 Å². The lowest BCUT2D eigenvalue weighted by Gasteiger charge is -2.08. The maximum atomic E-state index is 12.8. The Morgan fingerprint density at radius 1 is 0.750 bits per heavy atom. The first-order chi connectivity index (χ1) is 13.5. The number of aryl methyl sites for hydroxylation is 1. The zero-order valence-corrected chi connectivity index (χ0v) is 16.2. The van der Waals surface area contributed by atoms with Gasteiger partial charge in [-0.2, -0.15) is 0 Å². The fraction of sp³-hybridized carbons (Fsp3) is 0.0870. The third-order valence-corrected chi connectivity index (χ3v) is 6.65. The summed E-state index contributed by atoms with van der Waals surface area (Å²) in [5, 5.41) is 2.86. The van der Waals surface area contributed by atoms with E-state index in [0.717, 1.165) is 16.7 Å². The number of rotatable bonds is 4. The van der Waals surface area contributed by atoms with E-state index in [1.807, 2.05) is 37.3 Å². The topological polar surface area (TPSA) is 63.2 Å². The van der Waals surface area contributed by atoms with Gasteiger partial charge in [0.2, 0.25) is 9.84 Å². The second-order valence-electron chi connectivity index (χ2n) is 6.74. The second kappa shape index (κ2) is 7.09. The molecule has 0 bridgehead atoms. The highest BCUT2D eigenvalue weighted by molar-refractivity contribution is 7.91. The van der Waals surface area contributed by atoms with E-state index in [4.69, 9.17) is 0 Å². The molecule has 0 saturated carbocycles. The maximum absolute atomic E-state index is 12.8. The normalized spacial score (nSPS) is 14.2. The standard InChI is InChI=1S/C23H19NO3S/c1-16-7-11-19(12-8-16)28(26,27)20-13-9-18(10-14-20)22-21(15-24-23(22)25)17-5-3-2-4-6-17/h2-14H,15H2,1H3,(H,24,25).